The standard InChI is InChI=1S/C9H6Cl2O/c1-5-2-6-3-7(10)8(11)4-9(6)12-5/h2-4H,1H3. The number of rotatable bonds is 0. The number of hydrogen-bond acceptors (Lipinski definition) is 1. The van der Waals surface area contributed by atoms with E-state index in [1.54, 1.807) is 12.1 Å². The lowest BCUT2D eigenvalue weighted by Gasteiger charge is -1.93. The van der Waals surface area contributed by atoms with Gasteiger partial charge in [-0.3, -0.25) is 0 Å². The van der Waals surface area contributed by atoms with E-state index in [0.29, 0.717) is 10.0 Å². The fraction of sp³-hybridized carbons (Fsp3) is 0.111. The van der Waals surface area contributed by atoms with Crippen molar-refractivity contribution < 1.29 is 4.42 Å². The van der Waals surface area contributed by atoms with Crippen LogP contribution in [0.1, 0.15) is 5.76 Å². The molecule has 1 nitrogen and oxygen atoms in total. The highest BCUT2D eigenvalue weighted by Crippen LogP contribution is 2.29. The largest absolute Gasteiger partial charge is 0.461 e. The van der Waals surface area contributed by atoms with Crippen LogP contribution in [-0.2, 0) is 0 Å². The van der Waals surface area contributed by atoms with E-state index in [9.17, 15) is 0 Å². The number of hydrogen-bond donors (Lipinski definition) is 0. The first-order valence-corrected chi connectivity index (χ1v) is 4.27. The second-order valence-corrected chi connectivity index (χ2v) is 3.48. The molecule has 2 rings (SSSR count). The van der Waals surface area contributed by atoms with Gasteiger partial charge in [-0.25, -0.2) is 0 Å². The van der Waals surface area contributed by atoms with Crippen molar-refractivity contribution in [3.8, 4) is 0 Å². The Labute approximate surface area is 79.9 Å². The van der Waals surface area contributed by atoms with Crippen LogP contribution < -0.4 is 0 Å². The van der Waals surface area contributed by atoms with Gasteiger partial charge in [-0.2, -0.15) is 0 Å². The summed E-state index contributed by atoms with van der Waals surface area (Å²) in [5.41, 5.74) is 0.780. The van der Waals surface area contributed by atoms with E-state index in [2.05, 4.69) is 0 Å². The molecule has 0 amide bonds. The SMILES string of the molecule is Cc1cc2cc(Cl)c(Cl)cc2o1. The van der Waals surface area contributed by atoms with E-state index in [4.69, 9.17) is 27.6 Å². The predicted molar refractivity (Wildman–Crippen MR) is 51.0 cm³/mol. The molecule has 0 radical (unpaired) electrons. The molecule has 0 aliphatic carbocycles. The zero-order valence-electron chi connectivity index (χ0n) is 6.40. The van der Waals surface area contributed by atoms with Crippen LogP contribution in [0, 0.1) is 6.92 Å². The van der Waals surface area contributed by atoms with Crippen LogP contribution in [0.5, 0.6) is 0 Å². The first kappa shape index (κ1) is 7.96. The minimum atomic E-state index is 0.526. The highest BCUT2D eigenvalue weighted by atomic mass is 35.5. The van der Waals surface area contributed by atoms with Crippen molar-refractivity contribution >= 4 is 34.2 Å². The van der Waals surface area contributed by atoms with Gasteiger partial charge in [0.1, 0.15) is 11.3 Å². The zero-order valence-corrected chi connectivity index (χ0v) is 7.91. The van der Waals surface area contributed by atoms with Crippen LogP contribution in [0.2, 0.25) is 10.0 Å². The van der Waals surface area contributed by atoms with Crippen LogP contribution in [-0.4, -0.2) is 0 Å². The zero-order chi connectivity index (χ0) is 8.72. The summed E-state index contributed by atoms with van der Waals surface area (Å²) in [4.78, 5) is 0. The molecule has 0 aliphatic rings. The summed E-state index contributed by atoms with van der Waals surface area (Å²) in [6, 6.07) is 5.46. The van der Waals surface area contributed by atoms with E-state index < -0.39 is 0 Å². The maximum Gasteiger partial charge on any atom is 0.135 e. The van der Waals surface area contributed by atoms with Crippen molar-refractivity contribution in [1.82, 2.24) is 0 Å². The Balaban J connectivity index is 2.83. The first-order valence-electron chi connectivity index (χ1n) is 3.52. The number of fused-ring (bicyclic) bond motifs is 1. The van der Waals surface area contributed by atoms with Crippen molar-refractivity contribution in [3.05, 3.63) is 34.0 Å². The fourth-order valence-corrected chi connectivity index (χ4v) is 1.49. The molecule has 1 aromatic carbocycles. The van der Waals surface area contributed by atoms with Gasteiger partial charge in [-0.05, 0) is 19.1 Å². The third-order valence-electron chi connectivity index (χ3n) is 1.68. The molecule has 2 aromatic rings. The van der Waals surface area contributed by atoms with Crippen molar-refractivity contribution in [2.24, 2.45) is 0 Å². The molecule has 0 spiro atoms. The second kappa shape index (κ2) is 2.68. The molecule has 0 atom stereocenters. The molecule has 1 heterocycles. The minimum absolute atomic E-state index is 0.526. The summed E-state index contributed by atoms with van der Waals surface area (Å²) in [6.45, 7) is 1.89. The minimum Gasteiger partial charge on any atom is -0.461 e. The van der Waals surface area contributed by atoms with Gasteiger partial charge in [-0.1, -0.05) is 23.2 Å². The van der Waals surface area contributed by atoms with Gasteiger partial charge in [0.2, 0.25) is 0 Å². The average Bonchev–Trinajstić information content (AvgIpc) is 2.30. The molecule has 62 valence electrons. The van der Waals surface area contributed by atoms with Gasteiger partial charge in [0, 0.05) is 11.5 Å². The van der Waals surface area contributed by atoms with Gasteiger partial charge in [-0.15, -0.1) is 0 Å². The van der Waals surface area contributed by atoms with Crippen LogP contribution in [0.15, 0.2) is 22.6 Å². The number of benzene rings is 1. The quantitative estimate of drug-likeness (QED) is 0.626. The number of aryl methyl sites for hydroxylation is 1. The predicted octanol–water partition coefficient (Wildman–Crippen LogP) is 4.05. The van der Waals surface area contributed by atoms with Crippen LogP contribution >= 0.6 is 23.2 Å². The maximum atomic E-state index is 5.82. The van der Waals surface area contributed by atoms with E-state index in [0.717, 1.165) is 16.7 Å². The van der Waals surface area contributed by atoms with E-state index in [1.165, 1.54) is 0 Å². The molecule has 3 heteroatoms. The van der Waals surface area contributed by atoms with E-state index >= 15 is 0 Å². The maximum absolute atomic E-state index is 5.82. The van der Waals surface area contributed by atoms with Crippen LogP contribution in [0.4, 0.5) is 0 Å². The van der Waals surface area contributed by atoms with Crippen LogP contribution in [0.3, 0.4) is 0 Å². The lowest BCUT2D eigenvalue weighted by molar-refractivity contribution is 0.578. The van der Waals surface area contributed by atoms with Gasteiger partial charge in [0.15, 0.2) is 0 Å². The van der Waals surface area contributed by atoms with Gasteiger partial charge >= 0.3 is 0 Å². The Morgan fingerprint density at radius 1 is 1.08 bits per heavy atom. The highest BCUT2D eigenvalue weighted by Gasteiger charge is 2.04. The Morgan fingerprint density at radius 3 is 2.50 bits per heavy atom. The Hall–Kier alpha value is -0.660. The molecule has 0 bridgehead atoms. The summed E-state index contributed by atoms with van der Waals surface area (Å²) in [5, 5.41) is 2.07. The molecule has 0 fully saturated rings. The van der Waals surface area contributed by atoms with Crippen molar-refractivity contribution in [2.75, 3.05) is 0 Å². The lowest BCUT2D eigenvalue weighted by atomic mass is 10.2. The summed E-state index contributed by atoms with van der Waals surface area (Å²) in [7, 11) is 0. The monoisotopic (exact) mass is 200 g/mol. The van der Waals surface area contributed by atoms with Crippen molar-refractivity contribution in [3.63, 3.8) is 0 Å². The molecular formula is C9H6Cl2O. The number of halogens is 2. The van der Waals surface area contributed by atoms with E-state index in [1.807, 2.05) is 13.0 Å². The molecule has 0 unspecified atom stereocenters. The smallest absolute Gasteiger partial charge is 0.135 e. The lowest BCUT2D eigenvalue weighted by Crippen LogP contribution is -1.67. The normalized spacial score (nSPS) is 10.9. The third-order valence-corrected chi connectivity index (χ3v) is 2.40. The molecule has 12 heavy (non-hydrogen) atoms. The summed E-state index contributed by atoms with van der Waals surface area (Å²) < 4.78 is 5.36. The Kier molecular flexibility index (Phi) is 1.78. The van der Waals surface area contributed by atoms with Gasteiger partial charge in [0.25, 0.3) is 0 Å². The van der Waals surface area contributed by atoms with E-state index in [-0.39, 0.29) is 0 Å². The average molecular weight is 201 g/mol. The third kappa shape index (κ3) is 1.19. The van der Waals surface area contributed by atoms with Crippen LogP contribution in [0.25, 0.3) is 11.0 Å². The Morgan fingerprint density at radius 2 is 1.75 bits per heavy atom. The second-order valence-electron chi connectivity index (χ2n) is 2.66. The molecule has 0 saturated carbocycles. The fourth-order valence-electron chi connectivity index (χ4n) is 1.17. The molecular weight excluding hydrogens is 195 g/mol. The molecule has 1 aromatic heterocycles. The van der Waals surface area contributed by atoms with Gasteiger partial charge < -0.3 is 4.42 Å². The highest BCUT2D eigenvalue weighted by molar-refractivity contribution is 6.42. The summed E-state index contributed by atoms with van der Waals surface area (Å²) in [5.74, 6) is 0.864. The van der Waals surface area contributed by atoms with Crippen molar-refractivity contribution in [2.45, 2.75) is 6.92 Å². The molecule has 0 saturated heterocycles. The summed E-state index contributed by atoms with van der Waals surface area (Å²) >= 11 is 11.6. The topological polar surface area (TPSA) is 13.1 Å². The summed E-state index contributed by atoms with van der Waals surface area (Å²) in [6.07, 6.45) is 0. The molecule has 0 N–H and O–H groups in total. The number of furan rings is 1. The first-order chi connectivity index (χ1) is 5.66. The van der Waals surface area contributed by atoms with Gasteiger partial charge in [0.05, 0.1) is 10.0 Å². The Bertz CT molecular complexity index is 392. The molecule has 0 aliphatic heterocycles. The van der Waals surface area contributed by atoms with Crippen molar-refractivity contribution in [1.29, 1.82) is 0 Å².